The van der Waals surface area contributed by atoms with Gasteiger partial charge in [0.25, 0.3) is 0 Å². The van der Waals surface area contributed by atoms with Gasteiger partial charge in [-0.2, -0.15) is 0 Å². The summed E-state index contributed by atoms with van der Waals surface area (Å²) in [6.07, 6.45) is 0. The number of carbonyl (C=O) groups is 2. The van der Waals surface area contributed by atoms with Gasteiger partial charge >= 0.3 is 5.97 Å². The minimum absolute atomic E-state index is 0.0382. The van der Waals surface area contributed by atoms with Crippen molar-refractivity contribution >= 4 is 23.3 Å². The average Bonchev–Trinajstić information content (AvgIpc) is 2.15. The van der Waals surface area contributed by atoms with Crippen LogP contribution < -0.4 is 16.4 Å². The highest BCUT2D eigenvalue weighted by molar-refractivity contribution is 5.94. The molecule has 0 radical (unpaired) electrons. The first kappa shape index (κ1) is 11.8. The van der Waals surface area contributed by atoms with Crippen molar-refractivity contribution in [2.24, 2.45) is 5.73 Å². The van der Waals surface area contributed by atoms with Crippen molar-refractivity contribution < 1.29 is 14.7 Å². The highest BCUT2D eigenvalue weighted by Gasteiger charge is 2.10. The number of hydrogen-bond acceptors (Lipinski definition) is 4. The number of benzene rings is 1. The molecule has 0 aliphatic carbocycles. The van der Waals surface area contributed by atoms with Crippen molar-refractivity contribution in [2.75, 3.05) is 24.2 Å². The molecule has 0 spiro atoms. The van der Waals surface area contributed by atoms with Gasteiger partial charge in [0, 0.05) is 18.4 Å². The molecular weight excluding hydrogens is 210 g/mol. The van der Waals surface area contributed by atoms with Crippen molar-refractivity contribution in [3.05, 3.63) is 23.8 Å². The molecule has 1 aromatic carbocycles. The van der Waals surface area contributed by atoms with E-state index in [1.165, 1.54) is 12.1 Å². The first-order chi connectivity index (χ1) is 7.41. The molecule has 0 aromatic heterocycles. The lowest BCUT2D eigenvalue weighted by Gasteiger charge is -2.18. The monoisotopic (exact) mass is 223 g/mol. The number of nitrogen functional groups attached to an aromatic ring is 1. The number of aromatic carboxylic acids is 1. The number of carboxylic acid groups (broad SMARTS) is 1. The van der Waals surface area contributed by atoms with Crippen LogP contribution in [0.3, 0.4) is 0 Å². The number of amides is 1. The maximum atomic E-state index is 10.7. The van der Waals surface area contributed by atoms with Crippen molar-refractivity contribution in [1.82, 2.24) is 0 Å². The summed E-state index contributed by atoms with van der Waals surface area (Å²) in [6, 6.07) is 4.46. The highest BCUT2D eigenvalue weighted by Crippen LogP contribution is 2.20. The number of carbonyl (C=O) groups excluding carboxylic acids is 1. The fourth-order valence-corrected chi connectivity index (χ4v) is 1.31. The molecule has 5 N–H and O–H groups in total. The summed E-state index contributed by atoms with van der Waals surface area (Å²) in [7, 11) is 1.67. The number of carboxylic acids is 1. The van der Waals surface area contributed by atoms with Gasteiger partial charge in [-0.3, -0.25) is 4.79 Å². The number of anilines is 2. The smallest absolute Gasteiger partial charge is 0.337 e. The van der Waals surface area contributed by atoms with E-state index in [9.17, 15) is 9.59 Å². The van der Waals surface area contributed by atoms with Gasteiger partial charge in [0.1, 0.15) is 0 Å². The fourth-order valence-electron chi connectivity index (χ4n) is 1.31. The summed E-state index contributed by atoms with van der Waals surface area (Å²) in [5.74, 6) is -1.55. The molecule has 6 heteroatoms. The maximum Gasteiger partial charge on any atom is 0.337 e. The zero-order valence-electron chi connectivity index (χ0n) is 8.80. The fraction of sp³-hybridized carbons (Fsp3) is 0.200. The minimum Gasteiger partial charge on any atom is -0.478 e. The molecule has 0 atom stereocenters. The summed E-state index contributed by atoms with van der Waals surface area (Å²) in [5.41, 5.74) is 11.4. The molecule has 0 aliphatic heterocycles. The quantitative estimate of drug-likeness (QED) is 0.617. The summed E-state index contributed by atoms with van der Waals surface area (Å²) < 4.78 is 0. The van der Waals surface area contributed by atoms with Gasteiger partial charge in [0.15, 0.2) is 0 Å². The van der Waals surface area contributed by atoms with Crippen molar-refractivity contribution in [2.45, 2.75) is 0 Å². The van der Waals surface area contributed by atoms with Gasteiger partial charge in [-0.1, -0.05) is 0 Å². The summed E-state index contributed by atoms with van der Waals surface area (Å²) in [6.45, 7) is 0.0475. The van der Waals surface area contributed by atoms with E-state index in [2.05, 4.69) is 0 Å². The van der Waals surface area contributed by atoms with Crippen LogP contribution in [0.15, 0.2) is 18.2 Å². The largest absolute Gasteiger partial charge is 0.478 e. The molecule has 86 valence electrons. The van der Waals surface area contributed by atoms with Crippen LogP contribution in [0.5, 0.6) is 0 Å². The van der Waals surface area contributed by atoms with Crippen LogP contribution in [-0.2, 0) is 4.79 Å². The molecule has 0 heterocycles. The molecule has 1 aromatic rings. The number of likely N-dealkylation sites (N-methyl/N-ethyl adjacent to an activating group) is 1. The Labute approximate surface area is 92.4 Å². The summed E-state index contributed by atoms with van der Waals surface area (Å²) in [4.78, 5) is 23.0. The van der Waals surface area contributed by atoms with E-state index in [0.717, 1.165) is 0 Å². The van der Waals surface area contributed by atoms with Gasteiger partial charge in [-0.05, 0) is 18.2 Å². The first-order valence-electron chi connectivity index (χ1n) is 4.54. The van der Waals surface area contributed by atoms with Gasteiger partial charge < -0.3 is 21.5 Å². The molecule has 0 saturated carbocycles. The maximum absolute atomic E-state index is 10.7. The number of hydrogen-bond donors (Lipinski definition) is 3. The Bertz CT molecular complexity index is 431. The molecule has 6 nitrogen and oxygen atoms in total. The highest BCUT2D eigenvalue weighted by atomic mass is 16.4. The molecule has 16 heavy (non-hydrogen) atoms. The second kappa shape index (κ2) is 4.52. The second-order valence-electron chi connectivity index (χ2n) is 3.40. The Morgan fingerprint density at radius 2 is 2.06 bits per heavy atom. The number of rotatable bonds is 4. The third-order valence-electron chi connectivity index (χ3n) is 2.10. The van der Waals surface area contributed by atoms with E-state index in [-0.39, 0.29) is 17.8 Å². The van der Waals surface area contributed by atoms with Gasteiger partial charge in [-0.25, -0.2) is 4.79 Å². The zero-order valence-corrected chi connectivity index (χ0v) is 8.80. The molecule has 0 fully saturated rings. The third-order valence-corrected chi connectivity index (χ3v) is 2.10. The molecule has 1 amide bonds. The number of primary amides is 1. The lowest BCUT2D eigenvalue weighted by atomic mass is 10.1. The normalized spacial score (nSPS) is 9.81. The van der Waals surface area contributed by atoms with Crippen LogP contribution in [0, 0.1) is 0 Å². The van der Waals surface area contributed by atoms with Crippen molar-refractivity contribution in [1.29, 1.82) is 0 Å². The summed E-state index contributed by atoms with van der Waals surface area (Å²) in [5, 5.41) is 8.77. The standard InChI is InChI=1S/C10H13N3O3/c1-13(5-9(12)14)6-2-3-7(10(15)16)8(11)4-6/h2-4H,5,11H2,1H3,(H2,12,14)(H,15,16). The van der Waals surface area contributed by atoms with E-state index in [0.29, 0.717) is 5.69 Å². The van der Waals surface area contributed by atoms with Crippen LogP contribution in [-0.4, -0.2) is 30.6 Å². The van der Waals surface area contributed by atoms with Crippen LogP contribution in [0.25, 0.3) is 0 Å². The zero-order chi connectivity index (χ0) is 12.3. The molecular formula is C10H13N3O3. The topological polar surface area (TPSA) is 110 Å². The number of nitrogens with zero attached hydrogens (tertiary/aromatic N) is 1. The Morgan fingerprint density at radius 3 is 2.50 bits per heavy atom. The van der Waals surface area contributed by atoms with E-state index >= 15 is 0 Å². The van der Waals surface area contributed by atoms with Crippen molar-refractivity contribution in [3.63, 3.8) is 0 Å². The minimum atomic E-state index is -1.08. The molecule has 0 bridgehead atoms. The van der Waals surface area contributed by atoms with Crippen LogP contribution in [0.2, 0.25) is 0 Å². The van der Waals surface area contributed by atoms with E-state index in [1.54, 1.807) is 18.0 Å². The van der Waals surface area contributed by atoms with Crippen LogP contribution in [0.4, 0.5) is 11.4 Å². The third kappa shape index (κ3) is 2.63. The van der Waals surface area contributed by atoms with Gasteiger partial charge in [0.2, 0.25) is 5.91 Å². The molecule has 1 rings (SSSR count). The Balaban J connectivity index is 2.96. The lowest BCUT2D eigenvalue weighted by molar-refractivity contribution is -0.116. The predicted octanol–water partition coefficient (Wildman–Crippen LogP) is -0.111. The second-order valence-corrected chi connectivity index (χ2v) is 3.40. The van der Waals surface area contributed by atoms with Crippen LogP contribution >= 0.6 is 0 Å². The molecule has 0 aliphatic rings. The summed E-state index contributed by atoms with van der Waals surface area (Å²) >= 11 is 0. The van der Waals surface area contributed by atoms with Gasteiger partial charge in [0.05, 0.1) is 12.1 Å². The van der Waals surface area contributed by atoms with Gasteiger partial charge in [-0.15, -0.1) is 0 Å². The Hall–Kier alpha value is -2.24. The number of nitrogens with two attached hydrogens (primary N) is 2. The Morgan fingerprint density at radius 1 is 1.44 bits per heavy atom. The van der Waals surface area contributed by atoms with E-state index < -0.39 is 11.9 Å². The average molecular weight is 223 g/mol. The van der Waals surface area contributed by atoms with E-state index in [1.807, 2.05) is 0 Å². The Kier molecular flexibility index (Phi) is 3.34. The molecule has 0 unspecified atom stereocenters. The van der Waals surface area contributed by atoms with Crippen LogP contribution in [0.1, 0.15) is 10.4 Å². The predicted molar refractivity (Wildman–Crippen MR) is 60.3 cm³/mol. The van der Waals surface area contributed by atoms with E-state index in [4.69, 9.17) is 16.6 Å². The lowest BCUT2D eigenvalue weighted by Crippen LogP contribution is -2.30. The molecule has 0 saturated heterocycles. The van der Waals surface area contributed by atoms with Crippen molar-refractivity contribution in [3.8, 4) is 0 Å². The first-order valence-corrected chi connectivity index (χ1v) is 4.54. The SMILES string of the molecule is CN(CC(N)=O)c1ccc(C(=O)O)c(N)c1.